The van der Waals surface area contributed by atoms with E-state index >= 15 is 0 Å². The molecule has 3 aromatic rings. The van der Waals surface area contributed by atoms with Crippen molar-refractivity contribution in [2.24, 2.45) is 7.05 Å². The first kappa shape index (κ1) is 21.6. The maximum Gasteiger partial charge on any atom is 0.319 e. The first-order chi connectivity index (χ1) is 14.5. The highest BCUT2D eigenvalue weighted by molar-refractivity contribution is 9.10. The number of halogens is 1. The highest BCUT2D eigenvalue weighted by Gasteiger charge is 2.15. The van der Waals surface area contributed by atoms with E-state index in [4.69, 9.17) is 0 Å². The number of urea groups is 1. The number of carbonyl (C=O) groups excluding carboxylic acids is 2. The fraction of sp³-hybridized carbons (Fsp3) is 0.300. The van der Waals surface area contributed by atoms with Crippen LogP contribution in [0, 0.1) is 0 Å². The maximum absolute atomic E-state index is 12.8. The van der Waals surface area contributed by atoms with Gasteiger partial charge < -0.3 is 20.1 Å². The minimum atomic E-state index is -0.345. The SMILES string of the molecule is Cn1cc(CN(CCn2ccnc2)C(=O)CCNC(=O)Nc2ccc(Br)cc2)cn1. The van der Waals surface area contributed by atoms with Crippen LogP contribution >= 0.6 is 15.9 Å². The van der Waals surface area contributed by atoms with Crippen LogP contribution in [0.5, 0.6) is 0 Å². The predicted octanol–water partition coefficient (Wildman–Crippen LogP) is 2.62. The number of amides is 3. The van der Waals surface area contributed by atoms with Gasteiger partial charge in [-0.3, -0.25) is 9.48 Å². The number of nitrogens with one attached hydrogen (secondary N) is 2. The van der Waals surface area contributed by atoms with Gasteiger partial charge in [-0.15, -0.1) is 0 Å². The molecule has 0 atom stereocenters. The Bertz CT molecular complexity index is 954. The molecule has 0 fully saturated rings. The zero-order valence-corrected chi connectivity index (χ0v) is 18.2. The van der Waals surface area contributed by atoms with Crippen molar-refractivity contribution in [2.45, 2.75) is 19.5 Å². The van der Waals surface area contributed by atoms with Crippen LogP contribution in [0.4, 0.5) is 10.5 Å². The second kappa shape index (κ2) is 10.6. The Morgan fingerprint density at radius 3 is 2.70 bits per heavy atom. The lowest BCUT2D eigenvalue weighted by atomic mass is 10.2. The van der Waals surface area contributed by atoms with Gasteiger partial charge in [0.25, 0.3) is 0 Å². The predicted molar refractivity (Wildman–Crippen MR) is 117 cm³/mol. The molecule has 10 heteroatoms. The lowest BCUT2D eigenvalue weighted by Crippen LogP contribution is -2.37. The van der Waals surface area contributed by atoms with Crippen LogP contribution in [0.3, 0.4) is 0 Å². The summed E-state index contributed by atoms with van der Waals surface area (Å²) in [4.78, 5) is 30.6. The molecule has 0 radical (unpaired) electrons. The van der Waals surface area contributed by atoms with E-state index < -0.39 is 0 Å². The van der Waals surface area contributed by atoms with E-state index in [-0.39, 0.29) is 24.9 Å². The summed E-state index contributed by atoms with van der Waals surface area (Å²) in [7, 11) is 1.84. The first-order valence-electron chi connectivity index (χ1n) is 9.51. The fourth-order valence-corrected chi connectivity index (χ4v) is 3.13. The Morgan fingerprint density at radius 2 is 2.03 bits per heavy atom. The van der Waals surface area contributed by atoms with Crippen LogP contribution < -0.4 is 10.6 Å². The first-order valence-corrected chi connectivity index (χ1v) is 10.3. The monoisotopic (exact) mass is 473 g/mol. The summed E-state index contributed by atoms with van der Waals surface area (Å²) in [5, 5.41) is 9.63. The number of nitrogens with zero attached hydrogens (tertiary/aromatic N) is 5. The van der Waals surface area contributed by atoms with Crippen LogP contribution in [0.2, 0.25) is 0 Å². The van der Waals surface area contributed by atoms with Crippen molar-refractivity contribution in [3.63, 3.8) is 0 Å². The second-order valence-electron chi connectivity index (χ2n) is 6.78. The van der Waals surface area contributed by atoms with Gasteiger partial charge in [-0.05, 0) is 24.3 Å². The second-order valence-corrected chi connectivity index (χ2v) is 7.69. The van der Waals surface area contributed by atoms with Crippen LogP contribution in [0.25, 0.3) is 0 Å². The summed E-state index contributed by atoms with van der Waals surface area (Å²) in [6.07, 6.45) is 9.14. The molecule has 2 heterocycles. The number of carbonyl (C=O) groups is 2. The molecule has 0 unspecified atom stereocenters. The molecule has 0 spiro atoms. The fourth-order valence-electron chi connectivity index (χ4n) is 2.87. The van der Waals surface area contributed by atoms with E-state index in [0.717, 1.165) is 10.0 Å². The Hall–Kier alpha value is -3.14. The third kappa shape index (κ3) is 6.73. The van der Waals surface area contributed by atoms with Crippen LogP contribution in [0.15, 0.2) is 59.9 Å². The molecule has 9 nitrogen and oxygen atoms in total. The van der Waals surface area contributed by atoms with Gasteiger partial charge in [0.15, 0.2) is 0 Å². The Kier molecular flexibility index (Phi) is 7.61. The summed E-state index contributed by atoms with van der Waals surface area (Å²) in [6, 6.07) is 6.93. The molecule has 0 aliphatic carbocycles. The minimum absolute atomic E-state index is 0.0390. The molecule has 1 aromatic carbocycles. The van der Waals surface area contributed by atoms with Crippen molar-refractivity contribution in [1.82, 2.24) is 29.5 Å². The summed E-state index contributed by atoms with van der Waals surface area (Å²) in [5.41, 5.74) is 1.64. The van der Waals surface area contributed by atoms with Crippen molar-refractivity contribution < 1.29 is 9.59 Å². The molecular formula is C20H24BrN7O2. The quantitative estimate of drug-likeness (QED) is 0.499. The van der Waals surface area contributed by atoms with Crippen molar-refractivity contribution in [1.29, 1.82) is 0 Å². The van der Waals surface area contributed by atoms with Crippen LogP contribution in [-0.4, -0.2) is 49.3 Å². The topological polar surface area (TPSA) is 97.1 Å². The van der Waals surface area contributed by atoms with Gasteiger partial charge in [-0.25, -0.2) is 9.78 Å². The third-order valence-corrected chi connectivity index (χ3v) is 4.93. The van der Waals surface area contributed by atoms with E-state index in [1.807, 2.05) is 36.1 Å². The number of aromatic nitrogens is 4. The van der Waals surface area contributed by atoms with Crippen LogP contribution in [-0.2, 0) is 24.9 Å². The molecule has 30 heavy (non-hydrogen) atoms. The average molecular weight is 474 g/mol. The molecule has 158 valence electrons. The maximum atomic E-state index is 12.8. The number of anilines is 1. The minimum Gasteiger partial charge on any atom is -0.337 e. The number of hydrogen-bond donors (Lipinski definition) is 2. The zero-order chi connectivity index (χ0) is 21.3. The van der Waals surface area contributed by atoms with Gasteiger partial charge in [0.1, 0.15) is 0 Å². The molecule has 3 amide bonds. The molecule has 0 bridgehead atoms. The lowest BCUT2D eigenvalue weighted by Gasteiger charge is -2.22. The van der Waals surface area contributed by atoms with E-state index in [1.165, 1.54) is 0 Å². The number of rotatable bonds is 9. The van der Waals surface area contributed by atoms with Crippen LogP contribution in [0.1, 0.15) is 12.0 Å². The summed E-state index contributed by atoms with van der Waals surface area (Å²) in [5.74, 6) is -0.0390. The van der Waals surface area contributed by atoms with Gasteiger partial charge in [0.2, 0.25) is 5.91 Å². The van der Waals surface area contributed by atoms with Gasteiger partial charge in [0, 0.05) is 74.0 Å². The Labute approximate surface area is 183 Å². The van der Waals surface area contributed by atoms with Crippen molar-refractivity contribution in [2.75, 3.05) is 18.4 Å². The summed E-state index contributed by atoms with van der Waals surface area (Å²) in [6.45, 7) is 1.89. The van der Waals surface area contributed by atoms with Crippen molar-refractivity contribution >= 4 is 33.6 Å². The molecule has 0 saturated heterocycles. The van der Waals surface area contributed by atoms with Gasteiger partial charge in [-0.1, -0.05) is 15.9 Å². The molecular weight excluding hydrogens is 450 g/mol. The normalized spacial score (nSPS) is 10.6. The molecule has 3 rings (SSSR count). The number of hydrogen-bond acceptors (Lipinski definition) is 4. The lowest BCUT2D eigenvalue weighted by molar-refractivity contribution is -0.131. The molecule has 2 aromatic heterocycles. The van der Waals surface area contributed by atoms with E-state index in [0.29, 0.717) is 25.3 Å². The smallest absolute Gasteiger partial charge is 0.319 e. The van der Waals surface area contributed by atoms with E-state index in [2.05, 4.69) is 36.6 Å². The Morgan fingerprint density at radius 1 is 1.23 bits per heavy atom. The van der Waals surface area contributed by atoms with Crippen molar-refractivity contribution in [3.05, 3.63) is 65.4 Å². The zero-order valence-electron chi connectivity index (χ0n) is 16.7. The number of imidazole rings is 1. The number of aryl methyl sites for hydroxylation is 1. The molecule has 0 saturated carbocycles. The van der Waals surface area contributed by atoms with Crippen molar-refractivity contribution in [3.8, 4) is 0 Å². The largest absolute Gasteiger partial charge is 0.337 e. The highest BCUT2D eigenvalue weighted by Crippen LogP contribution is 2.13. The van der Waals surface area contributed by atoms with E-state index in [9.17, 15) is 9.59 Å². The summed E-state index contributed by atoms with van der Waals surface area (Å²) >= 11 is 3.35. The average Bonchev–Trinajstić information content (AvgIpc) is 3.38. The van der Waals surface area contributed by atoms with Gasteiger partial charge in [0.05, 0.1) is 12.5 Å². The van der Waals surface area contributed by atoms with Gasteiger partial charge in [-0.2, -0.15) is 5.10 Å². The number of benzene rings is 1. The molecule has 0 aliphatic heterocycles. The van der Waals surface area contributed by atoms with E-state index in [1.54, 1.807) is 40.4 Å². The van der Waals surface area contributed by atoms with Gasteiger partial charge >= 0.3 is 6.03 Å². The summed E-state index contributed by atoms with van der Waals surface area (Å²) < 4.78 is 4.57. The Balaban J connectivity index is 1.49. The molecule has 0 aliphatic rings. The molecule has 2 N–H and O–H groups in total. The third-order valence-electron chi connectivity index (χ3n) is 4.40. The standard InChI is InChI=1S/C20H24BrN7O2/c1-26-13-16(12-24-26)14-28(11-10-27-9-8-22-15-27)19(29)6-7-23-20(30)25-18-4-2-17(21)3-5-18/h2-5,8-9,12-13,15H,6-7,10-11,14H2,1H3,(H2,23,25,30). The highest BCUT2D eigenvalue weighted by atomic mass is 79.9.